The van der Waals surface area contributed by atoms with Gasteiger partial charge in [-0.05, 0) is 25.7 Å². The lowest BCUT2D eigenvalue weighted by atomic mass is 9.91. The zero-order valence-electron chi connectivity index (χ0n) is 18.1. The van der Waals surface area contributed by atoms with Crippen molar-refractivity contribution in [2.45, 2.75) is 44.7 Å². The van der Waals surface area contributed by atoms with E-state index in [9.17, 15) is 19.5 Å². The fourth-order valence-corrected chi connectivity index (χ4v) is 3.62. The summed E-state index contributed by atoms with van der Waals surface area (Å²) in [6, 6.07) is -1.22. The minimum atomic E-state index is -1.25. The quantitative estimate of drug-likeness (QED) is 0.339. The topological polar surface area (TPSA) is 211 Å². The highest BCUT2D eigenvalue weighted by Crippen LogP contribution is 2.26. The van der Waals surface area contributed by atoms with Crippen LogP contribution in [0.4, 0.5) is 11.8 Å². The van der Waals surface area contributed by atoms with E-state index in [1.165, 1.54) is 0 Å². The van der Waals surface area contributed by atoms with Crippen molar-refractivity contribution in [1.29, 1.82) is 0 Å². The van der Waals surface area contributed by atoms with E-state index < -0.39 is 18.0 Å². The Kier molecular flexibility index (Phi) is 7.20. The molecule has 7 N–H and O–H groups in total. The Balaban J connectivity index is 1.59. The first kappa shape index (κ1) is 23.6. The molecule has 0 saturated carbocycles. The van der Waals surface area contributed by atoms with E-state index in [1.54, 1.807) is 6.20 Å². The number of hydrogen-bond acceptors (Lipinski definition) is 10. The molecule has 2 aromatic rings. The molecule has 0 saturated heterocycles. The molecule has 0 aliphatic heterocycles. The first-order valence-electron chi connectivity index (χ1n) is 10.3. The summed E-state index contributed by atoms with van der Waals surface area (Å²) in [5.74, 6) is -2.94. The van der Waals surface area contributed by atoms with Crippen molar-refractivity contribution in [1.82, 2.24) is 30.2 Å². The second-order valence-corrected chi connectivity index (χ2v) is 7.86. The molecule has 0 radical (unpaired) electrons. The van der Waals surface area contributed by atoms with E-state index in [0.717, 1.165) is 5.70 Å². The first-order valence-corrected chi connectivity index (χ1v) is 10.3. The van der Waals surface area contributed by atoms with E-state index in [-0.39, 0.29) is 36.4 Å². The van der Waals surface area contributed by atoms with Gasteiger partial charge in [0.05, 0.1) is 18.4 Å². The minimum absolute atomic E-state index is 0.0293. The van der Waals surface area contributed by atoms with Crippen LogP contribution in [0.25, 0.3) is 11.2 Å². The first-order chi connectivity index (χ1) is 15.6. The number of fused-ring (bicyclic) bond motifs is 1. The van der Waals surface area contributed by atoms with Crippen LogP contribution in [0.5, 0.6) is 0 Å². The van der Waals surface area contributed by atoms with Crippen molar-refractivity contribution in [2.24, 2.45) is 5.92 Å². The number of rotatable bonds is 9. The number of carbonyl (C=O) groups is 3. The molecule has 0 spiro atoms. The Morgan fingerprint density at radius 1 is 1.24 bits per heavy atom. The molecule has 3 rings (SSSR count). The van der Waals surface area contributed by atoms with Gasteiger partial charge in [0, 0.05) is 25.1 Å². The zero-order valence-corrected chi connectivity index (χ0v) is 18.1. The number of nitrogens with two attached hydrogens (primary N) is 2. The standard InChI is InChI=1S/C20H26N8O5/c1-28(9-11-8-23-17-15(24-11)16(21)26-20(22)27-17)12-4-2-10(3-5-12)18(31)25-13(19(32)33)6-7-14(29)30/h4,8,10,13H,2-3,5-7,9H2,1H3,(H,25,31)(H,29,30)(H,32,33)(H4,21,22,23,26,27)/t10?,13-/m0/s1. The number of aromatic nitrogens is 4. The van der Waals surface area contributed by atoms with Gasteiger partial charge in [0.25, 0.3) is 0 Å². The molecule has 13 heteroatoms. The number of aliphatic carboxylic acids is 2. The van der Waals surface area contributed by atoms with Crippen molar-refractivity contribution < 1.29 is 24.6 Å². The van der Waals surface area contributed by atoms with E-state index in [4.69, 9.17) is 16.6 Å². The lowest BCUT2D eigenvalue weighted by molar-refractivity contribution is -0.143. The van der Waals surface area contributed by atoms with Gasteiger partial charge in [-0.25, -0.2) is 14.8 Å². The molecular weight excluding hydrogens is 432 g/mol. The van der Waals surface area contributed by atoms with Gasteiger partial charge in [-0.15, -0.1) is 0 Å². The maximum absolute atomic E-state index is 12.5. The van der Waals surface area contributed by atoms with Crippen molar-refractivity contribution in [3.63, 3.8) is 0 Å². The van der Waals surface area contributed by atoms with Crippen LogP contribution >= 0.6 is 0 Å². The Labute approximate surface area is 188 Å². The third kappa shape index (κ3) is 6.02. The van der Waals surface area contributed by atoms with Crippen LogP contribution in [0.2, 0.25) is 0 Å². The SMILES string of the molecule is CN(Cc1cnc2nc(N)nc(N)c2n1)C1=CCC(C(=O)N[C@@H](CCC(=O)O)C(=O)O)CC1. The summed E-state index contributed by atoms with van der Waals surface area (Å²) in [6.07, 6.45) is 4.63. The Bertz CT molecular complexity index is 1110. The van der Waals surface area contributed by atoms with Crippen LogP contribution in [-0.2, 0) is 20.9 Å². The predicted octanol–water partition coefficient (Wildman–Crippen LogP) is 0.134. The van der Waals surface area contributed by atoms with Crippen LogP contribution in [0.1, 0.15) is 37.8 Å². The molecule has 2 atom stereocenters. The molecule has 1 aliphatic rings. The smallest absolute Gasteiger partial charge is 0.326 e. The van der Waals surface area contributed by atoms with Gasteiger partial charge in [-0.1, -0.05) is 6.08 Å². The van der Waals surface area contributed by atoms with E-state index >= 15 is 0 Å². The van der Waals surface area contributed by atoms with Crippen molar-refractivity contribution in [3.8, 4) is 0 Å². The van der Waals surface area contributed by atoms with E-state index in [1.807, 2.05) is 18.0 Å². The zero-order chi connectivity index (χ0) is 24.1. The van der Waals surface area contributed by atoms with Crippen molar-refractivity contribution in [3.05, 3.63) is 23.7 Å². The average Bonchev–Trinajstić information content (AvgIpc) is 2.76. The molecule has 2 aromatic heterocycles. The summed E-state index contributed by atoms with van der Waals surface area (Å²) in [5, 5.41) is 20.4. The highest BCUT2D eigenvalue weighted by molar-refractivity contribution is 5.85. The van der Waals surface area contributed by atoms with Crippen molar-refractivity contribution in [2.75, 3.05) is 18.5 Å². The summed E-state index contributed by atoms with van der Waals surface area (Å²) in [7, 11) is 1.90. The van der Waals surface area contributed by atoms with Crippen molar-refractivity contribution >= 4 is 40.8 Å². The fourth-order valence-electron chi connectivity index (χ4n) is 3.62. The number of carboxylic acid groups (broad SMARTS) is 2. The molecular formula is C20H26N8O5. The van der Waals surface area contributed by atoms with Crippen LogP contribution in [0.15, 0.2) is 18.0 Å². The fraction of sp³-hybridized carbons (Fsp3) is 0.450. The van der Waals surface area contributed by atoms with Crippen LogP contribution in [0.3, 0.4) is 0 Å². The second kappa shape index (κ2) is 10.1. The van der Waals surface area contributed by atoms with Crippen LogP contribution < -0.4 is 16.8 Å². The van der Waals surface area contributed by atoms with Gasteiger partial charge in [0.1, 0.15) is 6.04 Å². The molecule has 0 bridgehead atoms. The summed E-state index contributed by atoms with van der Waals surface area (Å²) in [5.41, 5.74) is 13.8. The maximum atomic E-state index is 12.5. The summed E-state index contributed by atoms with van der Waals surface area (Å²) < 4.78 is 0. The molecule has 2 heterocycles. The number of nitrogens with zero attached hydrogens (tertiary/aromatic N) is 5. The molecule has 1 amide bonds. The lowest BCUT2D eigenvalue weighted by Crippen LogP contribution is -2.44. The molecule has 0 aromatic carbocycles. The predicted molar refractivity (Wildman–Crippen MR) is 117 cm³/mol. The van der Waals surface area contributed by atoms with Gasteiger partial charge in [0.2, 0.25) is 11.9 Å². The molecule has 1 aliphatic carbocycles. The van der Waals surface area contributed by atoms with Crippen LogP contribution in [0, 0.1) is 5.92 Å². The largest absolute Gasteiger partial charge is 0.481 e. The summed E-state index contributed by atoms with van der Waals surface area (Å²) >= 11 is 0. The number of allylic oxidation sites excluding steroid dienone is 2. The number of carbonyl (C=O) groups excluding carboxylic acids is 1. The number of nitrogens with one attached hydrogen (secondary N) is 1. The monoisotopic (exact) mass is 458 g/mol. The Morgan fingerprint density at radius 2 is 2.00 bits per heavy atom. The lowest BCUT2D eigenvalue weighted by Gasteiger charge is -2.28. The normalized spacial score (nSPS) is 16.6. The molecule has 0 fully saturated rings. The number of nitrogen functional groups attached to an aromatic ring is 2. The van der Waals surface area contributed by atoms with Gasteiger partial charge >= 0.3 is 11.9 Å². The number of anilines is 2. The minimum Gasteiger partial charge on any atom is -0.481 e. The molecule has 33 heavy (non-hydrogen) atoms. The highest BCUT2D eigenvalue weighted by atomic mass is 16.4. The molecule has 176 valence electrons. The van der Waals surface area contributed by atoms with E-state index in [2.05, 4.69) is 25.3 Å². The third-order valence-corrected chi connectivity index (χ3v) is 5.41. The van der Waals surface area contributed by atoms with Gasteiger partial charge in [0.15, 0.2) is 17.0 Å². The van der Waals surface area contributed by atoms with Crippen LogP contribution in [-0.4, -0.2) is 66.0 Å². The third-order valence-electron chi connectivity index (χ3n) is 5.41. The number of hydrogen-bond donors (Lipinski definition) is 5. The summed E-state index contributed by atoms with van der Waals surface area (Å²) in [4.78, 5) is 53.1. The van der Waals surface area contributed by atoms with Gasteiger partial charge in [-0.2, -0.15) is 9.97 Å². The Hall–Kier alpha value is -4.03. The number of carboxylic acids is 2. The van der Waals surface area contributed by atoms with Gasteiger partial charge < -0.3 is 31.9 Å². The van der Waals surface area contributed by atoms with E-state index in [0.29, 0.717) is 42.7 Å². The Morgan fingerprint density at radius 3 is 2.64 bits per heavy atom. The molecule has 13 nitrogen and oxygen atoms in total. The summed E-state index contributed by atoms with van der Waals surface area (Å²) in [6.45, 7) is 0.450. The highest BCUT2D eigenvalue weighted by Gasteiger charge is 2.27. The molecule has 1 unspecified atom stereocenters. The average molecular weight is 458 g/mol. The second-order valence-electron chi connectivity index (χ2n) is 7.86. The maximum Gasteiger partial charge on any atom is 0.326 e. The number of amides is 1. The van der Waals surface area contributed by atoms with Gasteiger partial charge in [-0.3, -0.25) is 9.59 Å².